The van der Waals surface area contributed by atoms with E-state index < -0.39 is 6.36 Å². The van der Waals surface area contributed by atoms with Gasteiger partial charge in [-0.1, -0.05) is 37.1 Å². The largest absolute Gasteiger partial charge is 0.573 e. The summed E-state index contributed by atoms with van der Waals surface area (Å²) < 4.78 is 43.5. The molecule has 6 nitrogen and oxygen atoms in total. The maximum Gasteiger partial charge on any atom is 0.573 e. The fourth-order valence-electron chi connectivity index (χ4n) is 3.36. The summed E-state index contributed by atoms with van der Waals surface area (Å²) in [5.74, 6) is -0.279. The zero-order valence-electron chi connectivity index (χ0n) is 19.8. The number of aromatic nitrogens is 1. The molecule has 0 aliphatic rings. The van der Waals surface area contributed by atoms with Crippen LogP contribution in [-0.4, -0.2) is 30.1 Å². The fraction of sp³-hybridized carbons (Fsp3) is 0.360. The number of carbonyl (C=O) groups is 1. The van der Waals surface area contributed by atoms with E-state index in [1.807, 2.05) is 34.2 Å². The van der Waals surface area contributed by atoms with Gasteiger partial charge in [0.05, 0.1) is 12.2 Å². The van der Waals surface area contributed by atoms with Crippen LogP contribution >= 0.6 is 22.9 Å². The maximum atomic E-state index is 12.5. The molecule has 0 unspecified atom stereocenters. The van der Waals surface area contributed by atoms with Gasteiger partial charge in [0.25, 0.3) is 0 Å². The molecule has 0 radical (unpaired) electrons. The molecule has 0 aliphatic heterocycles. The van der Waals surface area contributed by atoms with Crippen molar-refractivity contribution in [3.8, 4) is 17.0 Å². The van der Waals surface area contributed by atoms with Crippen molar-refractivity contribution < 1.29 is 22.7 Å². The van der Waals surface area contributed by atoms with Crippen LogP contribution in [0.15, 0.2) is 58.9 Å². The second-order valence-corrected chi connectivity index (χ2v) is 9.23. The van der Waals surface area contributed by atoms with E-state index >= 15 is 0 Å². The van der Waals surface area contributed by atoms with Gasteiger partial charge in [-0.15, -0.1) is 24.5 Å². The highest BCUT2D eigenvalue weighted by Crippen LogP contribution is 2.27. The molecule has 0 atom stereocenters. The van der Waals surface area contributed by atoms with Crippen LogP contribution in [0.25, 0.3) is 11.3 Å². The normalized spacial score (nSPS) is 12.0. The van der Waals surface area contributed by atoms with Gasteiger partial charge in [-0.05, 0) is 60.4 Å². The first-order chi connectivity index (χ1) is 17.2. The lowest BCUT2D eigenvalue weighted by Crippen LogP contribution is -2.37. The molecule has 3 aromatic rings. The number of nitrogens with one attached hydrogen (secondary N) is 2. The molecule has 0 saturated heterocycles. The van der Waals surface area contributed by atoms with Crippen LogP contribution in [0, 0.1) is 0 Å². The minimum absolute atomic E-state index is 0.202. The Hall–Kier alpha value is -2.98. The molecule has 1 aromatic heterocycles. The Balaban J connectivity index is 1.76. The number of nitrogens with zero attached hydrogens (tertiary/aromatic N) is 2. The molecule has 0 spiro atoms. The van der Waals surface area contributed by atoms with E-state index in [0.29, 0.717) is 37.6 Å². The molecule has 1 heterocycles. The van der Waals surface area contributed by atoms with E-state index in [0.717, 1.165) is 34.5 Å². The summed E-state index contributed by atoms with van der Waals surface area (Å²) in [5, 5.41) is 8.24. The topological polar surface area (TPSA) is 67.7 Å². The molecule has 2 N–H and O–H groups in total. The second kappa shape index (κ2) is 13.4. The first kappa shape index (κ1) is 27.6. The second-order valence-electron chi connectivity index (χ2n) is 7.96. The molecule has 3 rings (SSSR count). The monoisotopic (exact) mass is 540 g/mol. The van der Waals surface area contributed by atoms with Gasteiger partial charge >= 0.3 is 12.4 Å². The Kier molecular flexibility index (Phi) is 10.2. The average Bonchev–Trinajstić information content (AvgIpc) is 3.24. The number of halogens is 4. The molecule has 2 aromatic carbocycles. The summed E-state index contributed by atoms with van der Waals surface area (Å²) in [6.07, 6.45) is -2.17. The number of carbonyl (C=O) groups excluding carboxylic acids is 1. The third-order valence-electron chi connectivity index (χ3n) is 5.15. The van der Waals surface area contributed by atoms with Crippen LogP contribution < -0.4 is 20.2 Å². The van der Waals surface area contributed by atoms with E-state index in [1.165, 1.54) is 23.5 Å². The number of urea groups is 1. The molecular weight excluding hydrogens is 513 g/mol. The van der Waals surface area contributed by atoms with Crippen molar-refractivity contribution in [2.75, 3.05) is 13.1 Å². The molecule has 194 valence electrons. The number of alkyl halides is 3. The van der Waals surface area contributed by atoms with Crippen molar-refractivity contribution in [2.24, 2.45) is 4.99 Å². The minimum atomic E-state index is -4.74. The number of benzene rings is 2. The van der Waals surface area contributed by atoms with Crippen molar-refractivity contribution in [2.45, 2.75) is 45.6 Å². The maximum absolute atomic E-state index is 12.5. The Morgan fingerprint density at radius 1 is 1.06 bits per heavy atom. The summed E-state index contributed by atoms with van der Waals surface area (Å²) in [4.78, 5) is 17.4. The zero-order chi connectivity index (χ0) is 26.0. The molecule has 0 aliphatic carbocycles. The molecule has 2 amide bonds. The van der Waals surface area contributed by atoms with Gasteiger partial charge in [0.1, 0.15) is 5.75 Å². The standard InChI is InChI=1S/C25H28ClF3N4O2S/c1-2-3-13-30-23(34)31-14-4-15-33-22(19-7-11-21(12-8-19)35-25(27,28)29)17-36-24(33)32-16-18-5-9-20(26)10-6-18/h5-12,17H,2-4,13-16H2,1H3,(H2,30,31,34)/b32-24-. The number of thiazole rings is 1. The lowest BCUT2D eigenvalue weighted by Gasteiger charge is -2.12. The Labute approximate surface area is 216 Å². The lowest BCUT2D eigenvalue weighted by molar-refractivity contribution is -0.274. The van der Waals surface area contributed by atoms with E-state index in [9.17, 15) is 18.0 Å². The van der Waals surface area contributed by atoms with Crippen LogP contribution in [-0.2, 0) is 13.1 Å². The minimum Gasteiger partial charge on any atom is -0.406 e. The summed E-state index contributed by atoms with van der Waals surface area (Å²) in [5.41, 5.74) is 2.56. The van der Waals surface area contributed by atoms with Crippen LogP contribution in [0.5, 0.6) is 5.75 Å². The molecule has 0 bridgehead atoms. The summed E-state index contributed by atoms with van der Waals surface area (Å²) in [6, 6.07) is 13.0. The van der Waals surface area contributed by atoms with Gasteiger partial charge in [0, 0.05) is 30.0 Å². The summed E-state index contributed by atoms with van der Waals surface area (Å²) in [7, 11) is 0. The SMILES string of the molecule is CCCCNC(=O)NCCCn1c(-c2ccc(OC(F)(F)F)cc2)cs/c1=N\Cc1ccc(Cl)cc1. The highest BCUT2D eigenvalue weighted by Gasteiger charge is 2.31. The van der Waals surface area contributed by atoms with E-state index in [-0.39, 0.29) is 11.8 Å². The highest BCUT2D eigenvalue weighted by molar-refractivity contribution is 7.07. The molecule has 0 fully saturated rings. The first-order valence-corrected chi connectivity index (χ1v) is 12.8. The Morgan fingerprint density at radius 3 is 2.36 bits per heavy atom. The smallest absolute Gasteiger partial charge is 0.406 e. The highest BCUT2D eigenvalue weighted by atomic mass is 35.5. The van der Waals surface area contributed by atoms with Crippen molar-refractivity contribution in [1.82, 2.24) is 15.2 Å². The predicted molar refractivity (Wildman–Crippen MR) is 136 cm³/mol. The third kappa shape index (κ3) is 8.91. The molecule has 36 heavy (non-hydrogen) atoms. The van der Waals surface area contributed by atoms with Crippen molar-refractivity contribution in [3.05, 3.63) is 69.3 Å². The summed E-state index contributed by atoms with van der Waals surface area (Å²) in [6.45, 7) is 4.17. The number of amides is 2. The quantitative estimate of drug-likeness (QED) is 0.278. The lowest BCUT2D eigenvalue weighted by atomic mass is 10.1. The summed E-state index contributed by atoms with van der Waals surface area (Å²) >= 11 is 7.41. The van der Waals surface area contributed by atoms with Crippen LogP contribution in [0.2, 0.25) is 5.02 Å². The van der Waals surface area contributed by atoms with Crippen LogP contribution in [0.3, 0.4) is 0 Å². The molecule has 0 saturated carbocycles. The first-order valence-electron chi connectivity index (χ1n) is 11.6. The van der Waals surface area contributed by atoms with Gasteiger partial charge in [-0.3, -0.25) is 4.99 Å². The van der Waals surface area contributed by atoms with Gasteiger partial charge in [0.2, 0.25) is 0 Å². The van der Waals surface area contributed by atoms with Crippen molar-refractivity contribution in [1.29, 1.82) is 0 Å². The van der Waals surface area contributed by atoms with E-state index in [4.69, 9.17) is 16.6 Å². The number of rotatable bonds is 11. The van der Waals surface area contributed by atoms with Gasteiger partial charge < -0.3 is 19.9 Å². The van der Waals surface area contributed by atoms with Crippen molar-refractivity contribution in [3.63, 3.8) is 0 Å². The molecule has 11 heteroatoms. The van der Waals surface area contributed by atoms with Crippen LogP contribution in [0.1, 0.15) is 31.7 Å². The van der Waals surface area contributed by atoms with E-state index in [2.05, 4.69) is 22.3 Å². The average molecular weight is 541 g/mol. The Morgan fingerprint density at radius 2 is 1.72 bits per heavy atom. The number of hydrogen-bond donors (Lipinski definition) is 2. The number of hydrogen-bond acceptors (Lipinski definition) is 4. The van der Waals surface area contributed by atoms with Gasteiger partial charge in [0.15, 0.2) is 4.80 Å². The zero-order valence-corrected chi connectivity index (χ0v) is 21.3. The number of ether oxygens (including phenoxy) is 1. The van der Waals surface area contributed by atoms with Gasteiger partial charge in [-0.25, -0.2) is 4.79 Å². The molecular formula is C25H28ClF3N4O2S. The fourth-order valence-corrected chi connectivity index (χ4v) is 4.42. The van der Waals surface area contributed by atoms with Gasteiger partial charge in [-0.2, -0.15) is 0 Å². The van der Waals surface area contributed by atoms with Crippen LogP contribution in [0.4, 0.5) is 18.0 Å². The number of unbranched alkanes of at least 4 members (excludes halogenated alkanes) is 1. The Bertz CT molecular complexity index is 1180. The van der Waals surface area contributed by atoms with Crippen molar-refractivity contribution >= 4 is 29.0 Å². The van der Waals surface area contributed by atoms with E-state index in [1.54, 1.807) is 12.1 Å². The predicted octanol–water partition coefficient (Wildman–Crippen LogP) is 6.36. The third-order valence-corrected chi connectivity index (χ3v) is 6.30.